The van der Waals surface area contributed by atoms with E-state index >= 15 is 0 Å². The molecule has 9 nitrogen and oxygen atoms in total. The number of unbranched alkanes of at least 4 members (excludes halogenated alkanes) is 1. The summed E-state index contributed by atoms with van der Waals surface area (Å²) in [5.74, 6) is -1.74. The first-order chi connectivity index (χ1) is 10.2. The Hall–Kier alpha value is -0.970. The van der Waals surface area contributed by atoms with Gasteiger partial charge in [0.05, 0.1) is 6.61 Å². The van der Waals surface area contributed by atoms with Crippen LogP contribution in [0.1, 0.15) is 25.7 Å². The van der Waals surface area contributed by atoms with E-state index < -0.39 is 48.5 Å². The molecule has 0 aliphatic carbocycles. The number of halogens is 1. The van der Waals surface area contributed by atoms with Crippen molar-refractivity contribution in [3.8, 4) is 0 Å². The predicted octanol–water partition coefficient (Wildman–Crippen LogP) is -1.26. The molecule has 1 saturated heterocycles. The first-order valence-corrected chi connectivity index (χ1v) is 7.02. The Morgan fingerprint density at radius 3 is 1.73 bits per heavy atom. The van der Waals surface area contributed by atoms with E-state index in [2.05, 4.69) is 0 Å². The lowest BCUT2D eigenvalue weighted by Gasteiger charge is -2.37. The maximum Gasteiger partial charge on any atom is 0.303 e. The summed E-state index contributed by atoms with van der Waals surface area (Å²) in [6.07, 6.45) is -3.93. The number of aliphatic carboxylic acids is 2. The number of aliphatic hydroxyl groups excluding tert-OH is 4. The van der Waals surface area contributed by atoms with Crippen LogP contribution >= 0.6 is 11.6 Å². The topological polar surface area (TPSA) is 165 Å². The lowest BCUT2D eigenvalue weighted by molar-refractivity contribution is -0.207. The highest BCUT2D eigenvalue weighted by atomic mass is 35.5. The van der Waals surface area contributed by atoms with Crippen molar-refractivity contribution >= 4 is 23.5 Å². The predicted molar refractivity (Wildman–Crippen MR) is 73.4 cm³/mol. The zero-order valence-corrected chi connectivity index (χ0v) is 12.5. The van der Waals surface area contributed by atoms with Crippen LogP contribution in [0.25, 0.3) is 0 Å². The zero-order valence-electron chi connectivity index (χ0n) is 11.7. The molecule has 10 heteroatoms. The van der Waals surface area contributed by atoms with Crippen LogP contribution in [0, 0.1) is 0 Å². The summed E-state index contributed by atoms with van der Waals surface area (Å²) in [6.45, 7) is -0.450. The maximum atomic E-state index is 9.90. The average Bonchev–Trinajstić information content (AvgIpc) is 2.45. The minimum absolute atomic E-state index is 0.0628. The van der Waals surface area contributed by atoms with Crippen molar-refractivity contribution < 1.29 is 45.0 Å². The Balaban J connectivity index is 0.000000409. The molecule has 1 aliphatic heterocycles. The van der Waals surface area contributed by atoms with Crippen molar-refractivity contribution in [2.45, 2.75) is 55.7 Å². The summed E-state index contributed by atoms with van der Waals surface area (Å²) >= 11 is 5.45. The Morgan fingerprint density at radius 2 is 1.36 bits per heavy atom. The van der Waals surface area contributed by atoms with E-state index in [0.717, 1.165) is 0 Å². The molecule has 0 amide bonds. The van der Waals surface area contributed by atoms with Gasteiger partial charge in [-0.15, -0.1) is 0 Å². The van der Waals surface area contributed by atoms with Gasteiger partial charge >= 0.3 is 11.9 Å². The van der Waals surface area contributed by atoms with Crippen LogP contribution in [0.2, 0.25) is 0 Å². The smallest absolute Gasteiger partial charge is 0.303 e. The molecule has 1 heterocycles. The van der Waals surface area contributed by atoms with Gasteiger partial charge in [-0.05, 0) is 12.8 Å². The van der Waals surface area contributed by atoms with E-state index in [4.69, 9.17) is 41.9 Å². The monoisotopic (exact) mass is 344 g/mol. The molecule has 0 aromatic heterocycles. The number of aliphatic hydroxyl groups is 4. The fourth-order valence-corrected chi connectivity index (χ4v) is 1.89. The molecule has 1 aliphatic rings. The second-order valence-corrected chi connectivity index (χ2v) is 5.10. The van der Waals surface area contributed by atoms with Crippen molar-refractivity contribution in [1.29, 1.82) is 0 Å². The van der Waals surface area contributed by atoms with E-state index in [-0.39, 0.29) is 12.8 Å². The number of hydrogen-bond acceptors (Lipinski definition) is 7. The van der Waals surface area contributed by atoms with Crippen LogP contribution in [0.5, 0.6) is 0 Å². The third-order valence-corrected chi connectivity index (χ3v) is 3.23. The van der Waals surface area contributed by atoms with Gasteiger partial charge in [-0.3, -0.25) is 9.59 Å². The molecule has 0 saturated carbocycles. The largest absolute Gasteiger partial charge is 0.481 e. The molecule has 6 N–H and O–H groups in total. The number of alkyl halides is 1. The van der Waals surface area contributed by atoms with Gasteiger partial charge in [0.1, 0.15) is 24.4 Å². The summed E-state index contributed by atoms with van der Waals surface area (Å²) in [4.78, 5) is 19.8. The molecule has 1 fully saturated rings. The van der Waals surface area contributed by atoms with Crippen LogP contribution in [0.3, 0.4) is 0 Å². The molecule has 0 radical (unpaired) electrons. The number of carbonyl (C=O) groups is 2. The van der Waals surface area contributed by atoms with E-state index in [1.54, 1.807) is 0 Å². The van der Waals surface area contributed by atoms with Gasteiger partial charge in [-0.25, -0.2) is 0 Å². The highest BCUT2D eigenvalue weighted by Gasteiger charge is 2.42. The molecule has 0 aromatic rings. The molecule has 1 rings (SSSR count). The van der Waals surface area contributed by atoms with E-state index in [9.17, 15) is 14.7 Å². The number of hydrogen-bond donors (Lipinski definition) is 6. The fourth-order valence-electron chi connectivity index (χ4n) is 1.61. The van der Waals surface area contributed by atoms with Gasteiger partial charge in [0.15, 0.2) is 5.56 Å². The van der Waals surface area contributed by atoms with Crippen LogP contribution in [0.4, 0.5) is 0 Å². The minimum atomic E-state index is -1.38. The lowest BCUT2D eigenvalue weighted by Crippen LogP contribution is -2.56. The van der Waals surface area contributed by atoms with E-state index in [0.29, 0.717) is 12.8 Å². The molecule has 0 bridgehead atoms. The maximum absolute atomic E-state index is 9.90. The van der Waals surface area contributed by atoms with Crippen molar-refractivity contribution in [2.75, 3.05) is 6.61 Å². The van der Waals surface area contributed by atoms with Crippen LogP contribution in [-0.4, -0.2) is 79.2 Å². The van der Waals surface area contributed by atoms with Gasteiger partial charge in [-0.2, -0.15) is 0 Å². The quantitative estimate of drug-likeness (QED) is 0.255. The molecule has 1 unspecified atom stereocenters. The van der Waals surface area contributed by atoms with Crippen molar-refractivity contribution in [3.63, 3.8) is 0 Å². The van der Waals surface area contributed by atoms with E-state index in [1.807, 2.05) is 0 Å². The van der Waals surface area contributed by atoms with Gasteiger partial charge in [0.2, 0.25) is 0 Å². The zero-order chi connectivity index (χ0) is 17.3. The van der Waals surface area contributed by atoms with Crippen LogP contribution < -0.4 is 0 Å². The minimum Gasteiger partial charge on any atom is -0.481 e. The number of carboxylic acid groups (broad SMARTS) is 2. The van der Waals surface area contributed by atoms with Crippen molar-refractivity contribution in [1.82, 2.24) is 0 Å². The third-order valence-electron chi connectivity index (χ3n) is 2.87. The van der Waals surface area contributed by atoms with Gasteiger partial charge in [0.25, 0.3) is 0 Å². The standard InChI is InChI=1S/C6H11ClO5.C6H10O4/c7-6-5(11)4(10)3(9)2(1-8)12-6;7-5(8)3-1-2-4-6(9)10/h2-6,8-11H,1H2;1-4H2,(H,7,8)(H,9,10)/t2-,3-,4+,5-,6?;/m1./s1. The molecular formula is C12H21ClO9. The SMILES string of the molecule is O=C(O)CCCCC(=O)O.OC[C@H]1OC(Cl)[C@H](O)[C@@H](O)[C@@H]1O. The molecule has 22 heavy (non-hydrogen) atoms. The summed E-state index contributed by atoms with van der Waals surface area (Å²) < 4.78 is 4.79. The first-order valence-electron chi connectivity index (χ1n) is 6.58. The summed E-state index contributed by atoms with van der Waals surface area (Å²) in [5.41, 5.74) is -1.10. The van der Waals surface area contributed by atoms with Gasteiger partial charge in [0, 0.05) is 12.8 Å². The molecule has 5 atom stereocenters. The number of ether oxygens (including phenoxy) is 1. The lowest BCUT2D eigenvalue weighted by atomic mass is 10.0. The van der Waals surface area contributed by atoms with Crippen molar-refractivity contribution in [2.24, 2.45) is 0 Å². The molecule has 130 valence electrons. The molecule has 0 aromatic carbocycles. The van der Waals surface area contributed by atoms with Crippen molar-refractivity contribution in [3.05, 3.63) is 0 Å². The molecular weight excluding hydrogens is 324 g/mol. The van der Waals surface area contributed by atoms with Crippen LogP contribution in [-0.2, 0) is 14.3 Å². The normalized spacial score (nSPS) is 31.0. The molecule has 0 spiro atoms. The Labute approximate surface area is 131 Å². The summed E-state index contributed by atoms with van der Waals surface area (Å²) in [6, 6.07) is 0. The van der Waals surface area contributed by atoms with Gasteiger partial charge < -0.3 is 35.4 Å². The van der Waals surface area contributed by atoms with E-state index in [1.165, 1.54) is 0 Å². The van der Waals surface area contributed by atoms with Gasteiger partial charge in [-0.1, -0.05) is 11.6 Å². The number of rotatable bonds is 6. The van der Waals surface area contributed by atoms with Crippen LogP contribution in [0.15, 0.2) is 0 Å². The third kappa shape index (κ3) is 7.87. The average molecular weight is 345 g/mol. The summed E-state index contributed by atoms with van der Waals surface area (Å²) in [7, 11) is 0. The highest BCUT2D eigenvalue weighted by molar-refractivity contribution is 6.20. The Kier molecular flexibility index (Phi) is 10.2. The second-order valence-electron chi connectivity index (χ2n) is 4.67. The first kappa shape index (κ1) is 21.0. The summed E-state index contributed by atoms with van der Waals surface area (Å²) in [5, 5.41) is 52.3. The second kappa shape index (κ2) is 10.7. The Bertz CT molecular complexity index is 331. The Morgan fingerprint density at radius 1 is 0.909 bits per heavy atom. The highest BCUT2D eigenvalue weighted by Crippen LogP contribution is 2.22. The number of carboxylic acids is 2. The fraction of sp³-hybridized carbons (Fsp3) is 0.833.